The van der Waals surface area contributed by atoms with E-state index in [4.69, 9.17) is 14.6 Å². The number of anilines is 3. The molecule has 0 saturated carbocycles. The number of aliphatic hydroxyl groups is 1. The third-order valence-electron chi connectivity index (χ3n) is 12.4. The predicted octanol–water partition coefficient (Wildman–Crippen LogP) is 6.49. The molecule has 8 rings (SSSR count). The Balaban J connectivity index is 1.27. The Labute approximate surface area is 323 Å². The second kappa shape index (κ2) is 14.5. The fourth-order valence-electron chi connectivity index (χ4n) is 9.63. The molecule has 4 heterocycles. The molecule has 55 heavy (non-hydrogen) atoms. The number of likely N-dealkylation sites (tertiary alicyclic amines) is 1. The zero-order valence-electron chi connectivity index (χ0n) is 31.9. The molecule has 0 aromatic heterocycles. The van der Waals surface area contributed by atoms with Crippen LogP contribution in [0.15, 0.2) is 108 Å². The maximum absolute atomic E-state index is 15.4. The number of hydrogen-bond donors (Lipinski definition) is 1. The van der Waals surface area contributed by atoms with Crippen molar-refractivity contribution in [2.24, 2.45) is 11.0 Å². The van der Waals surface area contributed by atoms with Gasteiger partial charge in [0.15, 0.2) is 5.60 Å². The summed E-state index contributed by atoms with van der Waals surface area (Å²) in [5.74, 6) is -0.0245. The summed E-state index contributed by atoms with van der Waals surface area (Å²) in [5, 5.41) is 17.6. The minimum absolute atomic E-state index is 0.0728. The number of benzene rings is 4. The minimum atomic E-state index is -2.55. The van der Waals surface area contributed by atoms with Gasteiger partial charge < -0.3 is 19.5 Å². The SMILES string of the molecule is COc1ccc([Si](C)(C)[C@H]2[C@H](CC(=O)N3CCC[C@H]3CO)O[C@@]3(C(=O)N(c4ccccc4)c4ccc(N5N=C(c6ccccc6)CCC5=O)cc43)[C@@H]2C)cc1. The summed E-state index contributed by atoms with van der Waals surface area (Å²) in [6, 6.07) is 33.0. The fourth-order valence-corrected chi connectivity index (χ4v) is 13.6. The predicted molar refractivity (Wildman–Crippen MR) is 216 cm³/mol. The Kier molecular flexibility index (Phi) is 9.73. The summed E-state index contributed by atoms with van der Waals surface area (Å²) >= 11 is 0. The third-order valence-corrected chi connectivity index (χ3v) is 16.8. The molecule has 0 unspecified atom stereocenters. The number of fused-ring (bicyclic) bond motifs is 2. The lowest BCUT2D eigenvalue weighted by Gasteiger charge is -2.37. The van der Waals surface area contributed by atoms with E-state index in [1.54, 1.807) is 16.9 Å². The summed E-state index contributed by atoms with van der Waals surface area (Å²) in [4.78, 5) is 46.7. The summed E-state index contributed by atoms with van der Waals surface area (Å²) in [6.07, 6.45) is 1.92. The molecule has 0 radical (unpaired) electrons. The van der Waals surface area contributed by atoms with E-state index in [-0.39, 0.29) is 48.3 Å². The van der Waals surface area contributed by atoms with Crippen molar-refractivity contribution in [2.45, 2.75) is 75.4 Å². The number of carbonyl (C=O) groups excluding carboxylic acids is 3. The number of para-hydroxylation sites is 1. The highest BCUT2D eigenvalue weighted by atomic mass is 28.3. The highest BCUT2D eigenvalue weighted by molar-refractivity contribution is 6.91. The van der Waals surface area contributed by atoms with E-state index < -0.39 is 19.8 Å². The maximum atomic E-state index is 15.4. The van der Waals surface area contributed by atoms with E-state index >= 15 is 4.79 Å². The number of hydrazone groups is 1. The Morgan fingerprint density at radius 1 is 0.945 bits per heavy atom. The van der Waals surface area contributed by atoms with Crippen LogP contribution < -0.4 is 19.8 Å². The first-order valence-electron chi connectivity index (χ1n) is 19.3. The zero-order chi connectivity index (χ0) is 38.5. The van der Waals surface area contributed by atoms with E-state index in [2.05, 4.69) is 32.2 Å². The first kappa shape index (κ1) is 36.9. The van der Waals surface area contributed by atoms with Crippen LogP contribution in [0.5, 0.6) is 5.75 Å². The molecule has 284 valence electrons. The molecule has 3 amide bonds. The minimum Gasteiger partial charge on any atom is -0.497 e. The lowest BCUT2D eigenvalue weighted by Crippen LogP contribution is -2.52. The van der Waals surface area contributed by atoms with Crippen molar-refractivity contribution in [3.8, 4) is 5.75 Å². The number of aliphatic hydroxyl groups excluding tert-OH is 1. The summed E-state index contributed by atoms with van der Waals surface area (Å²) in [5.41, 5.74) is 2.75. The first-order valence-corrected chi connectivity index (χ1v) is 22.4. The van der Waals surface area contributed by atoms with Crippen LogP contribution in [0, 0.1) is 5.92 Å². The molecule has 4 aliphatic heterocycles. The van der Waals surface area contributed by atoms with Crippen LogP contribution in [0.4, 0.5) is 17.1 Å². The normalized spacial score (nSPS) is 25.1. The van der Waals surface area contributed by atoms with Gasteiger partial charge in [-0.1, -0.05) is 85.9 Å². The second-order valence-corrected chi connectivity index (χ2v) is 20.4. The van der Waals surface area contributed by atoms with Crippen LogP contribution in [0.1, 0.15) is 50.2 Å². The Hall–Kier alpha value is -5.10. The number of methoxy groups -OCH3 is 1. The lowest BCUT2D eigenvalue weighted by molar-refractivity contribution is -0.149. The number of nitrogens with zero attached hydrogens (tertiary/aromatic N) is 4. The highest BCUT2D eigenvalue weighted by Crippen LogP contribution is 2.61. The van der Waals surface area contributed by atoms with Gasteiger partial charge in [-0.25, -0.2) is 5.01 Å². The van der Waals surface area contributed by atoms with Gasteiger partial charge in [0.1, 0.15) is 5.75 Å². The second-order valence-electron chi connectivity index (χ2n) is 15.7. The molecule has 11 heteroatoms. The monoisotopic (exact) mass is 756 g/mol. The quantitative estimate of drug-likeness (QED) is 0.196. The van der Waals surface area contributed by atoms with Crippen LogP contribution in [0.25, 0.3) is 0 Å². The third kappa shape index (κ3) is 6.18. The van der Waals surface area contributed by atoms with E-state index in [1.165, 1.54) is 10.2 Å². The van der Waals surface area contributed by atoms with Crippen LogP contribution in [0.2, 0.25) is 18.6 Å². The van der Waals surface area contributed by atoms with Crippen molar-refractivity contribution in [3.05, 3.63) is 114 Å². The van der Waals surface area contributed by atoms with Gasteiger partial charge >= 0.3 is 0 Å². The van der Waals surface area contributed by atoms with Crippen LogP contribution in [0.3, 0.4) is 0 Å². The molecule has 0 bridgehead atoms. The molecule has 4 aromatic carbocycles. The van der Waals surface area contributed by atoms with Crippen LogP contribution >= 0.6 is 0 Å². The molecule has 10 nitrogen and oxygen atoms in total. The molecule has 1 spiro atoms. The number of amides is 3. The van der Waals surface area contributed by atoms with Crippen LogP contribution in [-0.4, -0.2) is 73.9 Å². The average molecular weight is 757 g/mol. The molecule has 1 N–H and O–H groups in total. The molecule has 4 aliphatic rings. The number of hydrogen-bond acceptors (Lipinski definition) is 7. The molecule has 2 fully saturated rings. The van der Waals surface area contributed by atoms with Crippen LogP contribution in [-0.2, 0) is 24.7 Å². The van der Waals surface area contributed by atoms with E-state index in [9.17, 15) is 14.7 Å². The lowest BCUT2D eigenvalue weighted by atomic mass is 9.82. The summed E-state index contributed by atoms with van der Waals surface area (Å²) in [7, 11) is -0.899. The first-order chi connectivity index (χ1) is 26.6. The molecule has 0 aliphatic carbocycles. The van der Waals surface area contributed by atoms with Gasteiger partial charge in [0.05, 0.1) is 57.4 Å². The molecule has 5 atom stereocenters. The van der Waals surface area contributed by atoms with Crippen molar-refractivity contribution >= 4 is 53.8 Å². The molecular weight excluding hydrogens is 709 g/mol. The Morgan fingerprint density at radius 3 is 2.35 bits per heavy atom. The number of rotatable bonds is 9. The molecular formula is C44H48N4O6Si. The summed E-state index contributed by atoms with van der Waals surface area (Å²) < 4.78 is 12.8. The largest absolute Gasteiger partial charge is 0.497 e. The van der Waals surface area contributed by atoms with Gasteiger partial charge in [-0.15, -0.1) is 0 Å². The standard InChI is InChI=1S/C44H48N4O6Si/c1-29-42(55(3,4)35-20-18-34(53-2)19-21-35)39(27-41(51)46-25-11-16-33(46)28-49)54-44(29)36-26-32(17-23-38(36)47(43(44)52)31-14-9-6-10-15-31)48-40(50)24-22-37(45-48)30-12-7-5-8-13-30/h5-10,12-15,17-21,23,26,29,33,39,42,49H,11,16,22,24-25,27-28H2,1-4H3/t29-,33+,39+,42-,44+/m1/s1. The van der Waals surface area contributed by atoms with Gasteiger partial charge in [-0.2, -0.15) is 5.10 Å². The van der Waals surface area contributed by atoms with E-state index in [0.29, 0.717) is 42.0 Å². The maximum Gasteiger partial charge on any atom is 0.268 e. The van der Waals surface area contributed by atoms with E-state index in [0.717, 1.165) is 29.9 Å². The molecule has 2 saturated heterocycles. The molecule has 4 aromatic rings. The van der Waals surface area contributed by atoms with Crippen molar-refractivity contribution < 1.29 is 29.0 Å². The van der Waals surface area contributed by atoms with Gasteiger partial charge in [0.2, 0.25) is 11.8 Å². The smallest absolute Gasteiger partial charge is 0.268 e. The van der Waals surface area contributed by atoms with Gasteiger partial charge in [-0.3, -0.25) is 19.3 Å². The van der Waals surface area contributed by atoms with Crippen molar-refractivity contribution in [3.63, 3.8) is 0 Å². The fraction of sp³-hybridized carbons (Fsp3) is 0.364. The van der Waals surface area contributed by atoms with Crippen molar-refractivity contribution in [1.82, 2.24) is 4.90 Å². The van der Waals surface area contributed by atoms with Gasteiger partial charge in [0, 0.05) is 36.6 Å². The number of carbonyl (C=O) groups is 3. The summed E-state index contributed by atoms with van der Waals surface area (Å²) in [6.45, 7) is 7.18. The van der Waals surface area contributed by atoms with Gasteiger partial charge in [-0.05, 0) is 66.4 Å². The van der Waals surface area contributed by atoms with E-state index in [1.807, 2.05) is 91.0 Å². The Morgan fingerprint density at radius 2 is 1.65 bits per heavy atom. The average Bonchev–Trinajstić information content (AvgIpc) is 3.88. The van der Waals surface area contributed by atoms with Gasteiger partial charge in [0.25, 0.3) is 5.91 Å². The van der Waals surface area contributed by atoms with Crippen molar-refractivity contribution in [2.75, 3.05) is 30.2 Å². The zero-order valence-corrected chi connectivity index (χ0v) is 32.9. The number of ether oxygens (including phenoxy) is 2. The highest BCUT2D eigenvalue weighted by Gasteiger charge is 2.67. The Bertz CT molecular complexity index is 2130. The van der Waals surface area contributed by atoms with Crippen molar-refractivity contribution in [1.29, 1.82) is 0 Å². The topological polar surface area (TPSA) is 112 Å².